The van der Waals surface area contributed by atoms with Crippen LogP contribution >= 0.6 is 0 Å². The minimum atomic E-state index is 0.0494. The molecule has 0 saturated carbocycles. The molecule has 0 unspecified atom stereocenters. The Morgan fingerprint density at radius 2 is 1.69 bits per heavy atom. The van der Waals surface area contributed by atoms with Crippen LogP contribution in [0.25, 0.3) is 0 Å². The van der Waals surface area contributed by atoms with E-state index >= 15 is 0 Å². The van der Waals surface area contributed by atoms with Crippen LogP contribution in [0.3, 0.4) is 0 Å². The van der Waals surface area contributed by atoms with Gasteiger partial charge in [-0.3, -0.25) is 9.78 Å². The smallest absolute Gasteiger partial charge is 0.272 e. The van der Waals surface area contributed by atoms with Gasteiger partial charge in [-0.2, -0.15) is 0 Å². The van der Waals surface area contributed by atoms with E-state index in [0.29, 0.717) is 12.2 Å². The van der Waals surface area contributed by atoms with E-state index in [2.05, 4.69) is 71.6 Å². The quantitative estimate of drug-likeness (QED) is 0.366. The number of anilines is 1. The minimum absolute atomic E-state index is 0.0494. The number of amides is 1. The van der Waals surface area contributed by atoms with Crippen LogP contribution < -0.4 is 4.90 Å². The van der Waals surface area contributed by atoms with Crippen LogP contribution in [0.1, 0.15) is 81.4 Å². The Morgan fingerprint density at radius 1 is 1.03 bits per heavy atom. The average Bonchev–Trinajstić information content (AvgIpc) is 2.87. The molecule has 1 aliphatic heterocycles. The Kier molecular flexibility index (Phi) is 10.6. The lowest BCUT2D eigenvalue weighted by Crippen LogP contribution is -2.47. The van der Waals surface area contributed by atoms with Gasteiger partial charge in [0, 0.05) is 50.6 Å². The molecule has 1 fully saturated rings. The molecule has 1 aliphatic rings. The van der Waals surface area contributed by atoms with E-state index in [1.807, 2.05) is 19.1 Å². The Labute approximate surface area is 213 Å². The fourth-order valence-corrected chi connectivity index (χ4v) is 4.92. The van der Waals surface area contributed by atoms with E-state index in [0.717, 1.165) is 69.9 Å². The number of rotatable bonds is 12. The highest BCUT2D eigenvalue weighted by Gasteiger charge is 2.29. The number of aryl methyl sites for hydroxylation is 1. The molecule has 3 rings (SSSR count). The van der Waals surface area contributed by atoms with Gasteiger partial charge in [0.25, 0.3) is 5.91 Å². The van der Waals surface area contributed by atoms with Crippen LogP contribution in [0.2, 0.25) is 0 Å². The van der Waals surface area contributed by atoms with E-state index < -0.39 is 0 Å². The summed E-state index contributed by atoms with van der Waals surface area (Å²) in [5, 5.41) is 0. The average molecular weight is 479 g/mol. The maximum atomic E-state index is 13.6. The summed E-state index contributed by atoms with van der Waals surface area (Å²) in [6.07, 6.45) is 7.36. The maximum Gasteiger partial charge on any atom is 0.272 e. The van der Waals surface area contributed by atoms with Gasteiger partial charge in [0.2, 0.25) is 0 Å². The first-order chi connectivity index (χ1) is 16.9. The fraction of sp³-hybridized carbons (Fsp3) is 0.600. The summed E-state index contributed by atoms with van der Waals surface area (Å²) in [5.74, 6) is 0.778. The molecule has 5 nitrogen and oxygen atoms in total. The predicted octanol–water partition coefficient (Wildman–Crippen LogP) is 6.17. The second-order valence-electron chi connectivity index (χ2n) is 10.6. The van der Waals surface area contributed by atoms with Gasteiger partial charge in [-0.15, -0.1) is 0 Å². The molecular formula is C30H46N4O. The van der Waals surface area contributed by atoms with Gasteiger partial charge in [0.05, 0.1) is 0 Å². The van der Waals surface area contributed by atoms with Crippen molar-refractivity contribution in [1.29, 1.82) is 0 Å². The normalized spacial score (nSPS) is 14.9. The van der Waals surface area contributed by atoms with E-state index in [-0.39, 0.29) is 11.9 Å². The number of aromatic nitrogens is 1. The molecule has 1 aromatic heterocycles. The first-order valence-corrected chi connectivity index (χ1v) is 13.7. The van der Waals surface area contributed by atoms with Crippen molar-refractivity contribution < 1.29 is 4.79 Å². The SMILES string of the molecule is CCCN(CCC)c1ccc(CN(C(=O)c2ccc(C)cn2)C2CCN(CCC(C)C)CC2)cc1. The van der Waals surface area contributed by atoms with Gasteiger partial charge in [0.1, 0.15) is 5.69 Å². The van der Waals surface area contributed by atoms with Crippen LogP contribution in [-0.4, -0.2) is 59.5 Å². The van der Waals surface area contributed by atoms with E-state index in [4.69, 9.17) is 0 Å². The predicted molar refractivity (Wildman–Crippen MR) is 147 cm³/mol. The number of piperidine rings is 1. The second-order valence-corrected chi connectivity index (χ2v) is 10.6. The summed E-state index contributed by atoms with van der Waals surface area (Å²) >= 11 is 0. The Hall–Kier alpha value is -2.40. The number of hydrogen-bond acceptors (Lipinski definition) is 4. The third-order valence-corrected chi connectivity index (χ3v) is 7.05. The molecule has 0 aliphatic carbocycles. The monoisotopic (exact) mass is 478 g/mol. The van der Waals surface area contributed by atoms with Gasteiger partial charge < -0.3 is 14.7 Å². The molecule has 192 valence electrons. The Morgan fingerprint density at radius 3 is 2.23 bits per heavy atom. The lowest BCUT2D eigenvalue weighted by Gasteiger charge is -2.39. The van der Waals surface area contributed by atoms with Crippen molar-refractivity contribution in [3.05, 3.63) is 59.4 Å². The van der Waals surface area contributed by atoms with Crippen molar-refractivity contribution in [2.75, 3.05) is 37.6 Å². The first-order valence-electron chi connectivity index (χ1n) is 13.7. The fourth-order valence-electron chi connectivity index (χ4n) is 4.92. The van der Waals surface area contributed by atoms with Gasteiger partial charge in [-0.05, 0) is 80.8 Å². The molecule has 35 heavy (non-hydrogen) atoms. The van der Waals surface area contributed by atoms with Gasteiger partial charge >= 0.3 is 0 Å². The van der Waals surface area contributed by atoms with Crippen molar-refractivity contribution in [1.82, 2.24) is 14.8 Å². The third kappa shape index (κ3) is 8.06. The molecular weight excluding hydrogens is 432 g/mol. The van der Waals surface area contributed by atoms with Crippen molar-refractivity contribution >= 4 is 11.6 Å². The molecule has 0 N–H and O–H groups in total. The number of carbonyl (C=O) groups is 1. The number of hydrogen-bond donors (Lipinski definition) is 0. The molecule has 1 saturated heterocycles. The summed E-state index contributed by atoms with van der Waals surface area (Å²) in [7, 11) is 0. The summed E-state index contributed by atoms with van der Waals surface area (Å²) in [4.78, 5) is 25.2. The van der Waals surface area contributed by atoms with Crippen LogP contribution in [0, 0.1) is 12.8 Å². The largest absolute Gasteiger partial charge is 0.372 e. The van der Waals surface area contributed by atoms with E-state index in [1.165, 1.54) is 17.7 Å². The van der Waals surface area contributed by atoms with Crippen LogP contribution in [0.15, 0.2) is 42.6 Å². The summed E-state index contributed by atoms with van der Waals surface area (Å²) in [6, 6.07) is 13.0. The highest BCUT2D eigenvalue weighted by atomic mass is 16.2. The molecule has 2 heterocycles. The number of pyridine rings is 1. The zero-order valence-electron chi connectivity index (χ0n) is 22.7. The molecule has 0 atom stereocenters. The molecule has 0 bridgehead atoms. The molecule has 2 aromatic rings. The molecule has 5 heteroatoms. The maximum absolute atomic E-state index is 13.6. The number of nitrogens with zero attached hydrogens (tertiary/aromatic N) is 4. The first kappa shape index (κ1) is 27.2. The van der Waals surface area contributed by atoms with Gasteiger partial charge in [-0.25, -0.2) is 0 Å². The van der Waals surface area contributed by atoms with Crippen molar-refractivity contribution in [2.24, 2.45) is 5.92 Å². The van der Waals surface area contributed by atoms with Gasteiger partial charge in [0.15, 0.2) is 0 Å². The molecule has 1 aromatic carbocycles. The highest BCUT2D eigenvalue weighted by Crippen LogP contribution is 2.23. The Bertz CT molecular complexity index is 880. The number of benzene rings is 1. The topological polar surface area (TPSA) is 39.7 Å². The van der Waals surface area contributed by atoms with Crippen molar-refractivity contribution in [3.63, 3.8) is 0 Å². The van der Waals surface area contributed by atoms with Crippen LogP contribution in [0.4, 0.5) is 5.69 Å². The zero-order valence-corrected chi connectivity index (χ0v) is 22.7. The van der Waals surface area contributed by atoms with E-state index in [9.17, 15) is 4.79 Å². The zero-order chi connectivity index (χ0) is 25.2. The van der Waals surface area contributed by atoms with Crippen molar-refractivity contribution in [3.8, 4) is 0 Å². The number of carbonyl (C=O) groups excluding carboxylic acids is 1. The Balaban J connectivity index is 1.74. The van der Waals surface area contributed by atoms with Gasteiger partial charge in [-0.1, -0.05) is 45.9 Å². The van der Waals surface area contributed by atoms with E-state index in [1.54, 1.807) is 6.20 Å². The minimum Gasteiger partial charge on any atom is -0.372 e. The van der Waals surface area contributed by atoms with Crippen LogP contribution in [-0.2, 0) is 6.54 Å². The number of likely N-dealkylation sites (tertiary alicyclic amines) is 1. The highest BCUT2D eigenvalue weighted by molar-refractivity contribution is 5.92. The summed E-state index contributed by atoms with van der Waals surface area (Å²) in [5.41, 5.74) is 4.08. The van der Waals surface area contributed by atoms with Crippen molar-refractivity contribution in [2.45, 2.75) is 79.3 Å². The van der Waals surface area contributed by atoms with Crippen LogP contribution in [0.5, 0.6) is 0 Å². The molecule has 0 radical (unpaired) electrons. The standard InChI is InChI=1S/C30H46N4O/c1-6-17-33(18-7-2)27-11-9-26(10-12-27)23-34(30(35)29-13-8-25(5)22-31-29)28-15-20-32(21-16-28)19-14-24(3)4/h8-13,22,24,28H,6-7,14-21,23H2,1-5H3. The molecule has 1 amide bonds. The summed E-state index contributed by atoms with van der Waals surface area (Å²) in [6.45, 7) is 17.1. The third-order valence-electron chi connectivity index (χ3n) is 7.05. The summed E-state index contributed by atoms with van der Waals surface area (Å²) < 4.78 is 0. The lowest BCUT2D eigenvalue weighted by atomic mass is 10.0. The molecule has 0 spiro atoms. The second kappa shape index (κ2) is 13.6. The lowest BCUT2D eigenvalue weighted by molar-refractivity contribution is 0.0540.